The second-order valence-corrected chi connectivity index (χ2v) is 9.70. The van der Waals surface area contributed by atoms with E-state index in [1.807, 2.05) is 0 Å². The number of benzene rings is 2. The number of sulfonamides is 1. The summed E-state index contributed by atoms with van der Waals surface area (Å²) < 4.78 is 39.1. The zero-order valence-corrected chi connectivity index (χ0v) is 18.6. The zero-order chi connectivity index (χ0) is 22.7. The molecule has 0 amide bonds. The van der Waals surface area contributed by atoms with Gasteiger partial charge in [0.2, 0.25) is 0 Å². The minimum absolute atomic E-state index is 0.0997. The number of ether oxygens (including phenoxy) is 1. The standard InChI is InChI=1S/C24H25NO6S/c1-16(26)30-15-21-23(27)20-14-18(25-32(28,29)19-10-6-3-7-11-19)12-13-22(20)31-24(21)17-8-4-2-5-9-17/h3,6-7,10-14,17,25H,2,4-5,8-9,15H2,1H3. The third-order valence-corrected chi connectivity index (χ3v) is 7.11. The van der Waals surface area contributed by atoms with Gasteiger partial charge < -0.3 is 9.15 Å². The maximum atomic E-state index is 13.4. The molecule has 7 nitrogen and oxygen atoms in total. The predicted octanol–water partition coefficient (Wildman–Crippen LogP) is 4.70. The number of anilines is 1. The summed E-state index contributed by atoms with van der Waals surface area (Å²) in [5.41, 5.74) is 0.638. The second-order valence-electron chi connectivity index (χ2n) is 8.02. The molecule has 168 valence electrons. The molecule has 3 aromatic rings. The molecule has 32 heavy (non-hydrogen) atoms. The molecule has 0 unspecified atom stereocenters. The first kappa shape index (κ1) is 22.1. The summed E-state index contributed by atoms with van der Waals surface area (Å²) in [6.45, 7) is 1.12. The molecule has 0 radical (unpaired) electrons. The molecule has 0 spiro atoms. The summed E-state index contributed by atoms with van der Waals surface area (Å²) in [7, 11) is -3.80. The minimum Gasteiger partial charge on any atom is -0.461 e. The highest BCUT2D eigenvalue weighted by atomic mass is 32.2. The molecule has 1 aliphatic rings. The van der Waals surface area contributed by atoms with Crippen LogP contribution < -0.4 is 10.2 Å². The van der Waals surface area contributed by atoms with Gasteiger partial charge in [-0.2, -0.15) is 0 Å². The van der Waals surface area contributed by atoms with E-state index >= 15 is 0 Å². The van der Waals surface area contributed by atoms with Crippen LogP contribution in [0.3, 0.4) is 0 Å². The highest BCUT2D eigenvalue weighted by Crippen LogP contribution is 2.35. The molecule has 1 aliphatic carbocycles. The molecule has 1 heterocycles. The third kappa shape index (κ3) is 4.70. The number of hydrogen-bond acceptors (Lipinski definition) is 6. The van der Waals surface area contributed by atoms with Gasteiger partial charge in [-0.15, -0.1) is 0 Å². The van der Waals surface area contributed by atoms with Crippen molar-refractivity contribution in [1.82, 2.24) is 0 Å². The van der Waals surface area contributed by atoms with Crippen molar-refractivity contribution in [3.05, 3.63) is 70.1 Å². The molecule has 1 fully saturated rings. The molecule has 1 N–H and O–H groups in total. The van der Waals surface area contributed by atoms with Crippen LogP contribution in [0.5, 0.6) is 0 Å². The lowest BCUT2D eigenvalue weighted by Crippen LogP contribution is -2.19. The van der Waals surface area contributed by atoms with Crippen LogP contribution in [-0.2, 0) is 26.2 Å². The van der Waals surface area contributed by atoms with Crippen molar-refractivity contribution in [3.8, 4) is 0 Å². The van der Waals surface area contributed by atoms with Crippen molar-refractivity contribution in [1.29, 1.82) is 0 Å². The summed E-state index contributed by atoms with van der Waals surface area (Å²) >= 11 is 0. The lowest BCUT2D eigenvalue weighted by Gasteiger charge is -2.23. The van der Waals surface area contributed by atoms with Crippen LogP contribution >= 0.6 is 0 Å². The Morgan fingerprint density at radius 2 is 1.81 bits per heavy atom. The maximum Gasteiger partial charge on any atom is 0.302 e. The first-order chi connectivity index (χ1) is 15.3. The molecular formula is C24H25NO6S. The van der Waals surface area contributed by atoms with Gasteiger partial charge in [-0.05, 0) is 43.2 Å². The Bertz CT molecular complexity index is 1290. The predicted molar refractivity (Wildman–Crippen MR) is 121 cm³/mol. The van der Waals surface area contributed by atoms with Crippen LogP contribution in [0.2, 0.25) is 0 Å². The van der Waals surface area contributed by atoms with E-state index in [-0.39, 0.29) is 33.9 Å². The van der Waals surface area contributed by atoms with Crippen molar-refractivity contribution < 1.29 is 22.4 Å². The number of nitrogens with one attached hydrogen (secondary N) is 1. The topological polar surface area (TPSA) is 103 Å². The van der Waals surface area contributed by atoms with Crippen LogP contribution in [0.4, 0.5) is 5.69 Å². The number of fused-ring (bicyclic) bond motifs is 1. The summed E-state index contributed by atoms with van der Waals surface area (Å²) in [5, 5.41) is 0.236. The Balaban J connectivity index is 1.76. The van der Waals surface area contributed by atoms with Gasteiger partial charge in [0, 0.05) is 18.5 Å². The summed E-state index contributed by atoms with van der Waals surface area (Å²) in [4.78, 5) is 24.9. The Morgan fingerprint density at radius 1 is 1.09 bits per heavy atom. The third-order valence-electron chi connectivity index (χ3n) is 5.72. The Morgan fingerprint density at radius 3 is 2.50 bits per heavy atom. The molecule has 0 bridgehead atoms. The van der Waals surface area contributed by atoms with E-state index in [1.54, 1.807) is 30.3 Å². The van der Waals surface area contributed by atoms with Gasteiger partial charge in [0.15, 0.2) is 5.43 Å². The average Bonchev–Trinajstić information content (AvgIpc) is 2.79. The van der Waals surface area contributed by atoms with Crippen molar-refractivity contribution in [2.75, 3.05) is 4.72 Å². The number of rotatable bonds is 6. The average molecular weight is 456 g/mol. The SMILES string of the molecule is CC(=O)OCc1c(C2CCCCC2)oc2ccc(NS(=O)(=O)c3ccccc3)cc2c1=O. The largest absolute Gasteiger partial charge is 0.461 e. The van der Waals surface area contributed by atoms with E-state index < -0.39 is 16.0 Å². The van der Waals surface area contributed by atoms with Gasteiger partial charge in [0.1, 0.15) is 18.0 Å². The van der Waals surface area contributed by atoms with Crippen molar-refractivity contribution in [2.45, 2.75) is 56.4 Å². The highest BCUT2D eigenvalue weighted by Gasteiger charge is 2.25. The van der Waals surface area contributed by atoms with Crippen LogP contribution in [0, 0.1) is 0 Å². The van der Waals surface area contributed by atoms with Gasteiger partial charge in [-0.3, -0.25) is 14.3 Å². The lowest BCUT2D eigenvalue weighted by atomic mass is 9.85. The highest BCUT2D eigenvalue weighted by molar-refractivity contribution is 7.92. The van der Waals surface area contributed by atoms with Gasteiger partial charge in [0.25, 0.3) is 10.0 Å². The summed E-state index contributed by atoms with van der Waals surface area (Å²) in [6.07, 6.45) is 5.09. The van der Waals surface area contributed by atoms with E-state index in [1.165, 1.54) is 25.1 Å². The molecule has 0 atom stereocenters. The number of carbonyl (C=O) groups excluding carboxylic acids is 1. The van der Waals surface area contributed by atoms with E-state index in [0.717, 1.165) is 32.1 Å². The smallest absolute Gasteiger partial charge is 0.302 e. The second kappa shape index (κ2) is 9.16. The lowest BCUT2D eigenvalue weighted by molar-refractivity contribution is -0.142. The van der Waals surface area contributed by atoms with E-state index in [9.17, 15) is 18.0 Å². The van der Waals surface area contributed by atoms with Gasteiger partial charge in [0.05, 0.1) is 15.8 Å². The molecule has 2 aromatic carbocycles. The van der Waals surface area contributed by atoms with E-state index in [4.69, 9.17) is 9.15 Å². The normalized spacial score (nSPS) is 14.9. The van der Waals surface area contributed by atoms with Crippen molar-refractivity contribution in [2.24, 2.45) is 0 Å². The van der Waals surface area contributed by atoms with Crippen molar-refractivity contribution >= 4 is 32.6 Å². The summed E-state index contributed by atoms with van der Waals surface area (Å²) in [5.74, 6) is 0.187. The molecule has 0 saturated heterocycles. The van der Waals surface area contributed by atoms with E-state index in [0.29, 0.717) is 16.9 Å². The number of hydrogen-bond donors (Lipinski definition) is 1. The molecule has 0 aliphatic heterocycles. The fourth-order valence-electron chi connectivity index (χ4n) is 4.13. The van der Waals surface area contributed by atoms with Crippen LogP contribution in [-0.4, -0.2) is 14.4 Å². The minimum atomic E-state index is -3.80. The quantitative estimate of drug-likeness (QED) is 0.540. The monoisotopic (exact) mass is 455 g/mol. The summed E-state index contributed by atoms with van der Waals surface area (Å²) in [6, 6.07) is 12.6. The molecule has 1 aromatic heterocycles. The fourth-order valence-corrected chi connectivity index (χ4v) is 5.20. The number of esters is 1. The van der Waals surface area contributed by atoms with Gasteiger partial charge in [-0.1, -0.05) is 37.5 Å². The Labute approximate surface area is 186 Å². The molecular weight excluding hydrogens is 430 g/mol. The zero-order valence-electron chi connectivity index (χ0n) is 17.8. The first-order valence-electron chi connectivity index (χ1n) is 10.7. The van der Waals surface area contributed by atoms with Crippen LogP contribution in [0.25, 0.3) is 11.0 Å². The molecule has 4 rings (SSSR count). The van der Waals surface area contributed by atoms with Crippen molar-refractivity contribution in [3.63, 3.8) is 0 Å². The maximum absolute atomic E-state index is 13.4. The Kier molecular flexibility index (Phi) is 6.32. The molecule has 8 heteroatoms. The van der Waals surface area contributed by atoms with E-state index in [2.05, 4.69) is 4.72 Å². The van der Waals surface area contributed by atoms with Crippen LogP contribution in [0.15, 0.2) is 62.6 Å². The van der Waals surface area contributed by atoms with Gasteiger partial charge >= 0.3 is 5.97 Å². The number of carbonyl (C=O) groups is 1. The fraction of sp³-hybridized carbons (Fsp3) is 0.333. The molecule has 1 saturated carbocycles. The Hall–Kier alpha value is -3.13. The first-order valence-corrected chi connectivity index (χ1v) is 12.1. The van der Waals surface area contributed by atoms with Gasteiger partial charge in [-0.25, -0.2) is 8.42 Å². The van der Waals surface area contributed by atoms with Crippen LogP contribution in [0.1, 0.15) is 56.3 Å².